The molecule has 0 bridgehead atoms. The van der Waals surface area contributed by atoms with Crippen molar-refractivity contribution in [3.05, 3.63) is 59.7 Å². The number of alkyl carbamates (subject to hydrolysis) is 1. The first-order chi connectivity index (χ1) is 12.0. The van der Waals surface area contributed by atoms with Crippen LogP contribution >= 0.6 is 0 Å². The normalized spacial score (nSPS) is 15.0. The van der Waals surface area contributed by atoms with Gasteiger partial charge >= 0.3 is 12.1 Å². The van der Waals surface area contributed by atoms with Gasteiger partial charge < -0.3 is 20.3 Å². The van der Waals surface area contributed by atoms with Crippen molar-refractivity contribution in [2.75, 3.05) is 13.2 Å². The highest BCUT2D eigenvalue weighted by atomic mass is 16.5. The van der Waals surface area contributed by atoms with Crippen molar-refractivity contribution < 1.29 is 24.5 Å². The SMILES string of the molecule is C[C@@](CO)(NC(=O)OCC1c2ccccc2-c2ccccc21)C(=O)O. The van der Waals surface area contributed by atoms with E-state index in [1.165, 1.54) is 6.92 Å². The Labute approximate surface area is 145 Å². The molecule has 6 nitrogen and oxygen atoms in total. The van der Waals surface area contributed by atoms with Crippen LogP contribution < -0.4 is 5.32 Å². The van der Waals surface area contributed by atoms with Gasteiger partial charge in [0.25, 0.3) is 0 Å². The van der Waals surface area contributed by atoms with Crippen LogP contribution in [0.3, 0.4) is 0 Å². The molecule has 130 valence electrons. The minimum absolute atomic E-state index is 0.0843. The second kappa shape index (κ2) is 6.57. The Morgan fingerprint density at radius 2 is 1.60 bits per heavy atom. The van der Waals surface area contributed by atoms with Gasteiger partial charge in [0.15, 0.2) is 5.54 Å². The molecular weight excluding hydrogens is 322 g/mol. The summed E-state index contributed by atoms with van der Waals surface area (Å²) in [5.74, 6) is -1.44. The summed E-state index contributed by atoms with van der Waals surface area (Å²) in [5.41, 5.74) is 2.58. The molecule has 1 aliphatic carbocycles. The molecular formula is C19H19NO5. The lowest BCUT2D eigenvalue weighted by Crippen LogP contribution is -2.55. The number of rotatable bonds is 5. The molecule has 0 aliphatic heterocycles. The van der Waals surface area contributed by atoms with Crippen LogP contribution in [0.1, 0.15) is 24.0 Å². The molecule has 0 aromatic heterocycles. The quantitative estimate of drug-likeness (QED) is 0.776. The maximum Gasteiger partial charge on any atom is 0.408 e. The Kier molecular flexibility index (Phi) is 4.46. The monoisotopic (exact) mass is 341 g/mol. The molecule has 1 atom stereocenters. The molecule has 0 unspecified atom stereocenters. The Hall–Kier alpha value is -2.86. The molecule has 0 saturated heterocycles. The minimum atomic E-state index is -1.78. The van der Waals surface area contributed by atoms with Crippen LogP contribution in [0.4, 0.5) is 4.79 Å². The van der Waals surface area contributed by atoms with Gasteiger partial charge in [-0.05, 0) is 29.2 Å². The molecule has 6 heteroatoms. The Bertz CT molecular complexity index is 773. The number of carbonyl (C=O) groups is 2. The van der Waals surface area contributed by atoms with E-state index in [1.807, 2.05) is 48.5 Å². The standard InChI is InChI=1S/C19H19NO5/c1-19(11-21,17(22)23)20-18(24)25-10-16-14-8-4-2-6-12(14)13-7-3-5-9-15(13)16/h2-9,16,21H,10-11H2,1H3,(H,20,24)(H,22,23)/t19-/m0/s1. The summed E-state index contributed by atoms with van der Waals surface area (Å²) in [7, 11) is 0. The lowest BCUT2D eigenvalue weighted by atomic mass is 9.98. The summed E-state index contributed by atoms with van der Waals surface area (Å²) in [6.45, 7) is 0.574. The van der Waals surface area contributed by atoms with Crippen molar-refractivity contribution in [3.8, 4) is 11.1 Å². The number of ether oxygens (including phenoxy) is 1. The Morgan fingerprint density at radius 3 is 2.08 bits per heavy atom. The van der Waals surface area contributed by atoms with Crippen molar-refractivity contribution in [1.29, 1.82) is 0 Å². The zero-order chi connectivity index (χ0) is 18.0. The fourth-order valence-corrected chi connectivity index (χ4v) is 3.02. The molecule has 3 N–H and O–H groups in total. The van der Waals surface area contributed by atoms with Crippen molar-refractivity contribution >= 4 is 12.1 Å². The Morgan fingerprint density at radius 1 is 1.08 bits per heavy atom. The predicted molar refractivity (Wildman–Crippen MR) is 91.3 cm³/mol. The average molecular weight is 341 g/mol. The van der Waals surface area contributed by atoms with Crippen LogP contribution in [0.2, 0.25) is 0 Å². The van der Waals surface area contributed by atoms with Crippen molar-refractivity contribution in [2.24, 2.45) is 0 Å². The molecule has 2 aromatic carbocycles. The van der Waals surface area contributed by atoms with Gasteiger partial charge in [-0.3, -0.25) is 0 Å². The van der Waals surface area contributed by atoms with E-state index >= 15 is 0 Å². The third-order valence-corrected chi connectivity index (χ3v) is 4.51. The van der Waals surface area contributed by atoms with Crippen LogP contribution in [-0.4, -0.2) is 41.0 Å². The van der Waals surface area contributed by atoms with Gasteiger partial charge in [0.05, 0.1) is 6.61 Å². The first-order valence-corrected chi connectivity index (χ1v) is 7.93. The number of carboxylic acids is 1. The van der Waals surface area contributed by atoms with E-state index in [0.29, 0.717) is 0 Å². The average Bonchev–Trinajstić information content (AvgIpc) is 2.94. The molecule has 1 amide bonds. The first kappa shape index (κ1) is 17.0. The van der Waals surface area contributed by atoms with Gasteiger partial charge in [-0.2, -0.15) is 0 Å². The number of hydrogen-bond donors (Lipinski definition) is 3. The summed E-state index contributed by atoms with van der Waals surface area (Å²) in [5, 5.41) is 20.5. The van der Waals surface area contributed by atoms with Gasteiger partial charge in [-0.1, -0.05) is 48.5 Å². The molecule has 0 spiro atoms. The molecule has 0 heterocycles. The molecule has 0 fully saturated rings. The van der Waals surface area contributed by atoms with Crippen LogP contribution in [-0.2, 0) is 9.53 Å². The molecule has 3 rings (SSSR count). The highest BCUT2D eigenvalue weighted by Crippen LogP contribution is 2.44. The van der Waals surface area contributed by atoms with Crippen LogP contribution in [0, 0.1) is 0 Å². The molecule has 25 heavy (non-hydrogen) atoms. The number of amides is 1. The van der Waals surface area contributed by atoms with E-state index < -0.39 is 24.2 Å². The highest BCUT2D eigenvalue weighted by Gasteiger charge is 2.35. The number of benzene rings is 2. The van der Waals surface area contributed by atoms with Gasteiger partial charge in [0.1, 0.15) is 6.61 Å². The van der Waals surface area contributed by atoms with Crippen LogP contribution in [0.25, 0.3) is 11.1 Å². The summed E-state index contributed by atoms with van der Waals surface area (Å²) in [6, 6.07) is 15.8. The molecule has 0 radical (unpaired) electrons. The van der Waals surface area contributed by atoms with Gasteiger partial charge in [0, 0.05) is 5.92 Å². The van der Waals surface area contributed by atoms with Gasteiger partial charge in [-0.15, -0.1) is 0 Å². The smallest absolute Gasteiger partial charge is 0.408 e. The van der Waals surface area contributed by atoms with Gasteiger partial charge in [0.2, 0.25) is 0 Å². The first-order valence-electron chi connectivity index (χ1n) is 7.93. The van der Waals surface area contributed by atoms with Crippen molar-refractivity contribution in [1.82, 2.24) is 5.32 Å². The summed E-state index contributed by atoms with van der Waals surface area (Å²) >= 11 is 0. The number of aliphatic carboxylic acids is 1. The predicted octanol–water partition coefficient (Wildman–Crippen LogP) is 2.36. The van der Waals surface area contributed by atoms with Crippen molar-refractivity contribution in [3.63, 3.8) is 0 Å². The summed E-state index contributed by atoms with van der Waals surface area (Å²) in [4.78, 5) is 23.1. The van der Waals surface area contributed by atoms with E-state index in [4.69, 9.17) is 9.84 Å². The minimum Gasteiger partial charge on any atom is -0.479 e. The van der Waals surface area contributed by atoms with E-state index in [0.717, 1.165) is 22.3 Å². The summed E-state index contributed by atoms with van der Waals surface area (Å²) < 4.78 is 5.26. The van der Waals surface area contributed by atoms with Crippen molar-refractivity contribution in [2.45, 2.75) is 18.4 Å². The fraction of sp³-hybridized carbons (Fsp3) is 0.263. The van der Waals surface area contributed by atoms with E-state index in [9.17, 15) is 14.7 Å². The van der Waals surface area contributed by atoms with E-state index in [1.54, 1.807) is 0 Å². The van der Waals surface area contributed by atoms with Crippen LogP contribution in [0.15, 0.2) is 48.5 Å². The zero-order valence-electron chi connectivity index (χ0n) is 13.7. The molecule has 0 saturated carbocycles. The third-order valence-electron chi connectivity index (χ3n) is 4.51. The molecule has 1 aliphatic rings. The second-order valence-corrected chi connectivity index (χ2v) is 6.25. The maximum absolute atomic E-state index is 12.0. The maximum atomic E-state index is 12.0. The number of carboxylic acid groups (broad SMARTS) is 1. The number of hydrogen-bond acceptors (Lipinski definition) is 4. The lowest BCUT2D eigenvalue weighted by molar-refractivity contribution is -0.145. The third kappa shape index (κ3) is 3.08. The largest absolute Gasteiger partial charge is 0.479 e. The van der Waals surface area contributed by atoms with E-state index in [2.05, 4.69) is 5.32 Å². The van der Waals surface area contributed by atoms with Gasteiger partial charge in [-0.25, -0.2) is 9.59 Å². The fourth-order valence-electron chi connectivity index (χ4n) is 3.02. The molecule has 2 aromatic rings. The highest BCUT2D eigenvalue weighted by molar-refractivity contribution is 5.84. The van der Waals surface area contributed by atoms with E-state index in [-0.39, 0.29) is 12.5 Å². The number of carbonyl (C=O) groups excluding carboxylic acids is 1. The number of aliphatic hydroxyl groups is 1. The lowest BCUT2D eigenvalue weighted by Gasteiger charge is -2.23. The second-order valence-electron chi connectivity index (χ2n) is 6.25. The summed E-state index contributed by atoms with van der Waals surface area (Å²) in [6.07, 6.45) is -0.874. The number of nitrogens with one attached hydrogen (secondary N) is 1. The topological polar surface area (TPSA) is 95.9 Å². The zero-order valence-corrected chi connectivity index (χ0v) is 13.7. The number of fused-ring (bicyclic) bond motifs is 3. The van der Waals surface area contributed by atoms with Crippen LogP contribution in [0.5, 0.6) is 0 Å². The Balaban J connectivity index is 1.76. The number of aliphatic hydroxyl groups excluding tert-OH is 1.